The first kappa shape index (κ1) is 26.5. The normalized spacial score (nSPS) is 20.4. The average molecular weight is 547 g/mol. The fourth-order valence-electron chi connectivity index (χ4n) is 5.81. The highest BCUT2D eigenvalue weighted by Crippen LogP contribution is 2.34. The molecule has 3 aromatic rings. The number of nitrogens with zero attached hydrogens (tertiary/aromatic N) is 3. The molecule has 0 bridgehead atoms. The van der Waals surface area contributed by atoms with Gasteiger partial charge in [0.05, 0.1) is 17.7 Å². The maximum Gasteiger partial charge on any atom is 0.225 e. The molecule has 3 unspecified atom stereocenters. The number of ether oxygens (including phenoxy) is 2. The van der Waals surface area contributed by atoms with E-state index in [0.717, 1.165) is 43.0 Å². The molecular weight excluding hydrogens is 511 g/mol. The van der Waals surface area contributed by atoms with Gasteiger partial charge in [0, 0.05) is 25.2 Å². The van der Waals surface area contributed by atoms with Crippen LogP contribution in [0.25, 0.3) is 11.3 Å². The van der Waals surface area contributed by atoms with E-state index in [9.17, 15) is 14.3 Å². The fourth-order valence-corrected chi connectivity index (χ4v) is 5.81. The minimum Gasteiger partial charge on any atom is -0.486 e. The summed E-state index contributed by atoms with van der Waals surface area (Å²) in [5, 5.41) is 14.6. The van der Waals surface area contributed by atoms with E-state index in [-0.39, 0.29) is 17.6 Å². The Hall–Kier alpha value is -3.69. The van der Waals surface area contributed by atoms with Gasteiger partial charge < -0.3 is 29.7 Å². The molecule has 9 heteroatoms. The van der Waals surface area contributed by atoms with Gasteiger partial charge in [-0.05, 0) is 86.4 Å². The molecule has 6 rings (SSSR count). The lowest BCUT2D eigenvalue weighted by Gasteiger charge is -2.30. The molecule has 3 atom stereocenters. The Morgan fingerprint density at radius 3 is 2.60 bits per heavy atom. The molecule has 2 fully saturated rings. The topological polar surface area (TPSA) is 87.2 Å². The number of hydrogen-bond donors (Lipinski definition) is 2. The van der Waals surface area contributed by atoms with Crippen LogP contribution in [0.2, 0.25) is 0 Å². The van der Waals surface area contributed by atoms with E-state index in [1.807, 2.05) is 36.4 Å². The van der Waals surface area contributed by atoms with Gasteiger partial charge in [-0.2, -0.15) is 0 Å². The second-order valence-electron chi connectivity index (χ2n) is 10.8. The SMILES string of the molecule is O=C(NC(CN1CCCC1)C(O)c1ccc2c(c1)OCCO2)C1CCN(c2cccc(-c3ccc(F)cc3)n2)C1. The summed E-state index contributed by atoms with van der Waals surface area (Å²) >= 11 is 0. The molecule has 0 aliphatic carbocycles. The number of benzene rings is 2. The number of aliphatic hydroxyl groups is 1. The zero-order valence-corrected chi connectivity index (χ0v) is 22.5. The number of nitrogens with one attached hydrogen (secondary N) is 1. The zero-order valence-electron chi connectivity index (χ0n) is 22.5. The van der Waals surface area contributed by atoms with Gasteiger partial charge in [-0.15, -0.1) is 0 Å². The number of fused-ring (bicyclic) bond motifs is 1. The van der Waals surface area contributed by atoms with Crippen LogP contribution in [0.1, 0.15) is 30.9 Å². The van der Waals surface area contributed by atoms with Gasteiger partial charge in [-0.1, -0.05) is 12.1 Å². The summed E-state index contributed by atoms with van der Waals surface area (Å²) in [6.45, 7) is 4.75. The van der Waals surface area contributed by atoms with Crippen LogP contribution in [0, 0.1) is 11.7 Å². The summed E-state index contributed by atoms with van der Waals surface area (Å²) in [5.41, 5.74) is 2.30. The number of halogens is 1. The molecule has 2 aromatic carbocycles. The second-order valence-corrected chi connectivity index (χ2v) is 10.8. The van der Waals surface area contributed by atoms with Crippen molar-refractivity contribution in [1.29, 1.82) is 0 Å². The van der Waals surface area contributed by atoms with Crippen LogP contribution in [0.15, 0.2) is 60.7 Å². The molecule has 3 aliphatic rings. The van der Waals surface area contributed by atoms with Gasteiger partial charge >= 0.3 is 0 Å². The summed E-state index contributed by atoms with van der Waals surface area (Å²) in [7, 11) is 0. The number of likely N-dealkylation sites (tertiary alicyclic amines) is 1. The minimum atomic E-state index is -0.882. The van der Waals surface area contributed by atoms with Crippen molar-refractivity contribution >= 4 is 11.7 Å². The Morgan fingerprint density at radius 2 is 1.80 bits per heavy atom. The number of carbonyl (C=O) groups is 1. The molecule has 1 amide bonds. The average Bonchev–Trinajstić information content (AvgIpc) is 3.70. The van der Waals surface area contributed by atoms with Gasteiger partial charge in [-0.3, -0.25) is 4.79 Å². The van der Waals surface area contributed by atoms with E-state index in [0.29, 0.717) is 56.3 Å². The molecular formula is C31H35FN4O4. The van der Waals surface area contributed by atoms with Gasteiger partial charge in [0.25, 0.3) is 0 Å². The first-order valence-corrected chi connectivity index (χ1v) is 14.1. The smallest absolute Gasteiger partial charge is 0.225 e. The lowest BCUT2D eigenvalue weighted by molar-refractivity contribution is -0.126. The molecule has 1 aromatic heterocycles. The summed E-state index contributed by atoms with van der Waals surface area (Å²) in [6, 6.07) is 17.1. The number of anilines is 1. The Morgan fingerprint density at radius 1 is 1.02 bits per heavy atom. The molecule has 3 aliphatic heterocycles. The minimum absolute atomic E-state index is 0.0574. The number of rotatable bonds is 8. The number of pyridine rings is 1. The number of amides is 1. The summed E-state index contributed by atoms with van der Waals surface area (Å²) in [5.74, 6) is 1.53. The van der Waals surface area contributed by atoms with Crippen LogP contribution in [-0.2, 0) is 4.79 Å². The number of aromatic nitrogens is 1. The molecule has 0 radical (unpaired) electrons. The van der Waals surface area contributed by atoms with Crippen molar-refractivity contribution in [3.8, 4) is 22.8 Å². The van der Waals surface area contributed by atoms with Crippen molar-refractivity contribution in [2.45, 2.75) is 31.4 Å². The first-order chi connectivity index (χ1) is 19.5. The van der Waals surface area contributed by atoms with Crippen molar-refractivity contribution in [2.75, 3.05) is 50.8 Å². The highest BCUT2D eigenvalue weighted by atomic mass is 19.1. The van der Waals surface area contributed by atoms with E-state index >= 15 is 0 Å². The number of carbonyl (C=O) groups excluding carboxylic acids is 1. The zero-order chi connectivity index (χ0) is 27.5. The van der Waals surface area contributed by atoms with Gasteiger partial charge in [0.1, 0.15) is 31.0 Å². The number of hydrogen-bond acceptors (Lipinski definition) is 7. The highest BCUT2D eigenvalue weighted by Gasteiger charge is 2.33. The standard InChI is InChI=1S/C31H35FN4O4/c32-24-9-6-21(7-10-24)25-4-3-5-29(33-25)36-15-12-23(19-36)31(38)34-26(20-35-13-1-2-14-35)30(37)22-8-11-27-28(18-22)40-17-16-39-27/h3-11,18,23,26,30,37H,1-2,12-17,19-20H2,(H,34,38). The molecule has 2 N–H and O–H groups in total. The lowest BCUT2D eigenvalue weighted by Crippen LogP contribution is -2.48. The number of aliphatic hydroxyl groups excluding tert-OH is 1. The van der Waals surface area contributed by atoms with Gasteiger partial charge in [0.15, 0.2) is 11.5 Å². The lowest BCUT2D eigenvalue weighted by atomic mass is 9.99. The maximum atomic E-state index is 13.5. The van der Waals surface area contributed by atoms with Crippen molar-refractivity contribution < 1.29 is 23.8 Å². The molecule has 210 valence electrons. The van der Waals surface area contributed by atoms with Gasteiger partial charge in [-0.25, -0.2) is 9.37 Å². The Labute approximate surface area is 233 Å². The summed E-state index contributed by atoms with van der Waals surface area (Å²) in [6.07, 6.45) is 2.07. The van der Waals surface area contributed by atoms with E-state index in [2.05, 4.69) is 15.1 Å². The molecule has 40 heavy (non-hydrogen) atoms. The third-order valence-corrected chi connectivity index (χ3v) is 8.03. The van der Waals surface area contributed by atoms with E-state index < -0.39 is 12.1 Å². The van der Waals surface area contributed by atoms with Crippen LogP contribution in [0.3, 0.4) is 0 Å². The molecule has 4 heterocycles. The highest BCUT2D eigenvalue weighted by molar-refractivity contribution is 5.80. The molecule has 8 nitrogen and oxygen atoms in total. The summed E-state index contributed by atoms with van der Waals surface area (Å²) in [4.78, 5) is 22.7. The Kier molecular flexibility index (Phi) is 7.84. The predicted molar refractivity (Wildman–Crippen MR) is 150 cm³/mol. The monoisotopic (exact) mass is 546 g/mol. The second kappa shape index (κ2) is 11.8. The van der Waals surface area contributed by atoms with Crippen molar-refractivity contribution in [1.82, 2.24) is 15.2 Å². The van der Waals surface area contributed by atoms with Crippen molar-refractivity contribution in [2.24, 2.45) is 5.92 Å². The third kappa shape index (κ3) is 5.90. The Balaban J connectivity index is 1.14. The largest absolute Gasteiger partial charge is 0.486 e. The van der Waals surface area contributed by atoms with E-state index in [1.54, 1.807) is 12.1 Å². The van der Waals surface area contributed by atoms with Crippen LogP contribution in [0.4, 0.5) is 10.2 Å². The summed E-state index contributed by atoms with van der Waals surface area (Å²) < 4.78 is 24.7. The van der Waals surface area contributed by atoms with E-state index in [1.165, 1.54) is 12.1 Å². The van der Waals surface area contributed by atoms with Crippen molar-refractivity contribution in [3.05, 3.63) is 72.0 Å². The predicted octanol–water partition coefficient (Wildman–Crippen LogP) is 3.80. The van der Waals surface area contributed by atoms with Gasteiger partial charge in [0.2, 0.25) is 5.91 Å². The third-order valence-electron chi connectivity index (χ3n) is 8.03. The van der Waals surface area contributed by atoms with Crippen LogP contribution >= 0.6 is 0 Å². The molecule has 2 saturated heterocycles. The van der Waals surface area contributed by atoms with E-state index in [4.69, 9.17) is 14.5 Å². The maximum absolute atomic E-state index is 13.5. The first-order valence-electron chi connectivity index (χ1n) is 14.1. The fraction of sp³-hybridized carbons (Fsp3) is 0.419. The van der Waals surface area contributed by atoms with Crippen LogP contribution < -0.4 is 19.7 Å². The molecule has 0 saturated carbocycles. The van der Waals surface area contributed by atoms with Crippen LogP contribution in [-0.4, -0.2) is 72.9 Å². The van der Waals surface area contributed by atoms with Crippen molar-refractivity contribution in [3.63, 3.8) is 0 Å². The van der Waals surface area contributed by atoms with Crippen LogP contribution in [0.5, 0.6) is 11.5 Å². The Bertz CT molecular complexity index is 1330. The quantitative estimate of drug-likeness (QED) is 0.445. The molecule has 0 spiro atoms.